The molecule has 0 aliphatic rings. The smallest absolute Gasteiger partial charge is 0.224 e. The SMILES string of the molecule is Cc1ccc2c(CC(=O)NC(C)CCO)c[nH]c2c1. The van der Waals surface area contributed by atoms with Crippen molar-refractivity contribution in [1.82, 2.24) is 10.3 Å². The van der Waals surface area contributed by atoms with E-state index in [2.05, 4.69) is 16.4 Å². The molecular formula is C15H20N2O2. The third-order valence-corrected chi connectivity index (χ3v) is 3.24. The number of nitrogens with one attached hydrogen (secondary N) is 2. The van der Waals surface area contributed by atoms with Gasteiger partial charge in [0, 0.05) is 29.7 Å². The van der Waals surface area contributed by atoms with Crippen molar-refractivity contribution in [3.8, 4) is 0 Å². The lowest BCUT2D eigenvalue weighted by Gasteiger charge is -2.11. The molecule has 1 amide bonds. The molecule has 3 N–H and O–H groups in total. The maximum atomic E-state index is 11.9. The lowest BCUT2D eigenvalue weighted by Crippen LogP contribution is -2.34. The van der Waals surface area contributed by atoms with Crippen molar-refractivity contribution < 1.29 is 9.90 Å². The van der Waals surface area contributed by atoms with Crippen LogP contribution in [0.4, 0.5) is 0 Å². The molecule has 4 nitrogen and oxygen atoms in total. The second-order valence-corrected chi connectivity index (χ2v) is 5.02. The van der Waals surface area contributed by atoms with Crippen molar-refractivity contribution in [2.75, 3.05) is 6.61 Å². The van der Waals surface area contributed by atoms with Crippen LogP contribution in [0, 0.1) is 6.92 Å². The molecule has 0 saturated carbocycles. The van der Waals surface area contributed by atoms with Crippen LogP contribution in [-0.2, 0) is 11.2 Å². The largest absolute Gasteiger partial charge is 0.396 e. The highest BCUT2D eigenvalue weighted by Gasteiger charge is 2.11. The van der Waals surface area contributed by atoms with E-state index in [1.807, 2.05) is 32.2 Å². The molecule has 0 saturated heterocycles. The minimum atomic E-state index is -0.0116. The average Bonchev–Trinajstić information content (AvgIpc) is 2.71. The van der Waals surface area contributed by atoms with E-state index in [0.717, 1.165) is 16.5 Å². The van der Waals surface area contributed by atoms with Crippen LogP contribution >= 0.6 is 0 Å². The number of carbonyl (C=O) groups excluding carboxylic acids is 1. The van der Waals surface area contributed by atoms with Gasteiger partial charge in [-0.05, 0) is 37.5 Å². The lowest BCUT2D eigenvalue weighted by molar-refractivity contribution is -0.121. The van der Waals surface area contributed by atoms with E-state index in [0.29, 0.717) is 12.8 Å². The van der Waals surface area contributed by atoms with Gasteiger partial charge in [0.15, 0.2) is 0 Å². The van der Waals surface area contributed by atoms with Gasteiger partial charge in [-0.3, -0.25) is 4.79 Å². The molecule has 1 aromatic carbocycles. The maximum Gasteiger partial charge on any atom is 0.224 e. The molecule has 0 spiro atoms. The van der Waals surface area contributed by atoms with E-state index in [4.69, 9.17) is 5.11 Å². The van der Waals surface area contributed by atoms with Gasteiger partial charge in [-0.25, -0.2) is 0 Å². The summed E-state index contributed by atoms with van der Waals surface area (Å²) in [5.74, 6) is -0.0116. The number of amides is 1. The summed E-state index contributed by atoms with van der Waals surface area (Å²) in [6.07, 6.45) is 2.83. The lowest BCUT2D eigenvalue weighted by atomic mass is 10.1. The number of hydrogen-bond donors (Lipinski definition) is 3. The van der Waals surface area contributed by atoms with Gasteiger partial charge in [-0.2, -0.15) is 0 Å². The second kappa shape index (κ2) is 5.89. The number of rotatable bonds is 5. The van der Waals surface area contributed by atoms with E-state index < -0.39 is 0 Å². The number of carbonyl (C=O) groups is 1. The van der Waals surface area contributed by atoms with Crippen LogP contribution in [0.2, 0.25) is 0 Å². The maximum absolute atomic E-state index is 11.9. The summed E-state index contributed by atoms with van der Waals surface area (Å²) in [5, 5.41) is 12.8. The zero-order valence-corrected chi connectivity index (χ0v) is 11.4. The first kappa shape index (κ1) is 13.6. The molecule has 0 aliphatic heterocycles. The van der Waals surface area contributed by atoms with Gasteiger partial charge >= 0.3 is 0 Å². The van der Waals surface area contributed by atoms with Gasteiger partial charge in [-0.1, -0.05) is 12.1 Å². The molecule has 0 bridgehead atoms. The van der Waals surface area contributed by atoms with E-state index in [9.17, 15) is 4.79 Å². The van der Waals surface area contributed by atoms with Crippen LogP contribution in [-0.4, -0.2) is 28.6 Å². The molecule has 1 heterocycles. The Kier molecular flexibility index (Phi) is 4.22. The van der Waals surface area contributed by atoms with Crippen LogP contribution in [0.1, 0.15) is 24.5 Å². The van der Waals surface area contributed by atoms with Crippen molar-refractivity contribution in [3.05, 3.63) is 35.5 Å². The van der Waals surface area contributed by atoms with E-state index in [-0.39, 0.29) is 18.6 Å². The summed E-state index contributed by atoms with van der Waals surface area (Å²) < 4.78 is 0. The summed E-state index contributed by atoms with van der Waals surface area (Å²) >= 11 is 0. The molecule has 1 unspecified atom stereocenters. The minimum absolute atomic E-state index is 0.00458. The summed E-state index contributed by atoms with van der Waals surface area (Å²) in [7, 11) is 0. The summed E-state index contributed by atoms with van der Waals surface area (Å²) in [5.41, 5.74) is 3.26. The normalized spacial score (nSPS) is 12.6. The Morgan fingerprint density at radius 2 is 2.26 bits per heavy atom. The van der Waals surface area contributed by atoms with Crippen molar-refractivity contribution in [1.29, 1.82) is 0 Å². The van der Waals surface area contributed by atoms with Gasteiger partial charge in [0.1, 0.15) is 0 Å². The number of aromatic nitrogens is 1. The molecule has 102 valence electrons. The molecule has 2 rings (SSSR count). The van der Waals surface area contributed by atoms with Crippen molar-refractivity contribution >= 4 is 16.8 Å². The molecule has 0 fully saturated rings. The highest BCUT2D eigenvalue weighted by atomic mass is 16.3. The molecule has 1 atom stereocenters. The Bertz CT molecular complexity index is 575. The second-order valence-electron chi connectivity index (χ2n) is 5.02. The molecule has 2 aromatic rings. The van der Waals surface area contributed by atoms with E-state index in [1.165, 1.54) is 5.56 Å². The fraction of sp³-hybridized carbons (Fsp3) is 0.400. The fourth-order valence-corrected chi connectivity index (χ4v) is 2.21. The van der Waals surface area contributed by atoms with Crippen LogP contribution in [0.25, 0.3) is 10.9 Å². The van der Waals surface area contributed by atoms with Crippen LogP contribution in [0.5, 0.6) is 0 Å². The van der Waals surface area contributed by atoms with E-state index in [1.54, 1.807) is 0 Å². The van der Waals surface area contributed by atoms with Crippen molar-refractivity contribution in [3.63, 3.8) is 0 Å². The van der Waals surface area contributed by atoms with Crippen LogP contribution in [0.15, 0.2) is 24.4 Å². The number of aromatic amines is 1. The van der Waals surface area contributed by atoms with Gasteiger partial charge in [-0.15, -0.1) is 0 Å². The third kappa shape index (κ3) is 3.35. The first-order chi connectivity index (χ1) is 9.10. The van der Waals surface area contributed by atoms with Gasteiger partial charge in [0.05, 0.1) is 6.42 Å². The average molecular weight is 260 g/mol. The summed E-state index contributed by atoms with van der Waals surface area (Å²) in [6.45, 7) is 4.03. The van der Waals surface area contributed by atoms with Crippen LogP contribution in [0.3, 0.4) is 0 Å². The quantitative estimate of drug-likeness (QED) is 0.769. The number of H-pyrrole nitrogens is 1. The predicted molar refractivity (Wildman–Crippen MR) is 76.0 cm³/mol. The number of fused-ring (bicyclic) bond motifs is 1. The standard InChI is InChI=1S/C15H20N2O2/c1-10-3-4-13-12(9-16-14(13)7-10)8-15(19)17-11(2)5-6-18/h3-4,7,9,11,16,18H,5-6,8H2,1-2H3,(H,17,19). The fourth-order valence-electron chi connectivity index (χ4n) is 2.21. The first-order valence-electron chi connectivity index (χ1n) is 6.57. The number of aliphatic hydroxyl groups is 1. The monoisotopic (exact) mass is 260 g/mol. The molecule has 1 aromatic heterocycles. The third-order valence-electron chi connectivity index (χ3n) is 3.24. The van der Waals surface area contributed by atoms with E-state index >= 15 is 0 Å². The summed E-state index contributed by atoms with van der Waals surface area (Å²) in [6, 6.07) is 6.17. The van der Waals surface area contributed by atoms with Crippen LogP contribution < -0.4 is 5.32 Å². The molecule has 4 heteroatoms. The number of hydrogen-bond acceptors (Lipinski definition) is 2. The van der Waals surface area contributed by atoms with Crippen molar-refractivity contribution in [2.24, 2.45) is 0 Å². The number of aryl methyl sites for hydroxylation is 1. The Morgan fingerprint density at radius 1 is 1.47 bits per heavy atom. The number of benzene rings is 1. The van der Waals surface area contributed by atoms with Crippen molar-refractivity contribution in [2.45, 2.75) is 32.7 Å². The predicted octanol–water partition coefficient (Wildman–Crippen LogP) is 1.91. The van der Waals surface area contributed by atoms with Gasteiger partial charge in [0.25, 0.3) is 0 Å². The molecule has 19 heavy (non-hydrogen) atoms. The Hall–Kier alpha value is -1.81. The Labute approximate surface area is 112 Å². The van der Waals surface area contributed by atoms with Gasteiger partial charge < -0.3 is 15.4 Å². The summed E-state index contributed by atoms with van der Waals surface area (Å²) in [4.78, 5) is 15.1. The minimum Gasteiger partial charge on any atom is -0.396 e. The Balaban J connectivity index is 2.07. The van der Waals surface area contributed by atoms with Gasteiger partial charge in [0.2, 0.25) is 5.91 Å². The number of aliphatic hydroxyl groups excluding tert-OH is 1. The molecule has 0 radical (unpaired) electrons. The topological polar surface area (TPSA) is 65.1 Å². The highest BCUT2D eigenvalue weighted by molar-refractivity contribution is 5.89. The highest BCUT2D eigenvalue weighted by Crippen LogP contribution is 2.19. The first-order valence-corrected chi connectivity index (χ1v) is 6.57. The molecule has 0 aliphatic carbocycles. The Morgan fingerprint density at radius 3 is 3.00 bits per heavy atom. The zero-order chi connectivity index (χ0) is 13.8. The molecular weight excluding hydrogens is 240 g/mol. The zero-order valence-electron chi connectivity index (χ0n) is 11.4.